The minimum atomic E-state index is 0.104. The van der Waals surface area contributed by atoms with E-state index >= 15 is 0 Å². The molecule has 0 heterocycles. The molecule has 0 saturated heterocycles. The molecule has 0 spiro atoms. The van der Waals surface area contributed by atoms with Gasteiger partial charge in [-0.15, -0.1) is 0 Å². The normalized spacial score (nSPS) is 10.2. The lowest BCUT2D eigenvalue weighted by atomic mass is 10.2. The summed E-state index contributed by atoms with van der Waals surface area (Å²) in [4.78, 5) is 0. The second-order valence-electron chi connectivity index (χ2n) is 3.40. The van der Waals surface area contributed by atoms with Gasteiger partial charge in [-0.3, -0.25) is 0 Å². The lowest BCUT2D eigenvalue weighted by Gasteiger charge is -2.11. The summed E-state index contributed by atoms with van der Waals surface area (Å²) in [5.41, 5.74) is 1.04. The molecular weight excluding hydrogens is 350 g/mol. The Morgan fingerprint density at radius 3 is 1.59 bits per heavy atom. The van der Waals surface area contributed by atoms with Crippen LogP contribution in [0, 0.1) is 0 Å². The first-order valence-corrected chi connectivity index (χ1v) is 6.40. The van der Waals surface area contributed by atoms with Gasteiger partial charge in [0.15, 0.2) is 11.5 Å². The van der Waals surface area contributed by atoms with E-state index in [1.54, 1.807) is 36.4 Å². The van der Waals surface area contributed by atoms with Crippen molar-refractivity contribution in [2.24, 2.45) is 0 Å². The van der Waals surface area contributed by atoms with Crippen LogP contribution in [0.4, 0.5) is 11.4 Å². The van der Waals surface area contributed by atoms with Crippen LogP contribution in [0.25, 0.3) is 0 Å². The van der Waals surface area contributed by atoms with Crippen molar-refractivity contribution in [1.29, 1.82) is 0 Å². The molecule has 17 heavy (non-hydrogen) atoms. The van der Waals surface area contributed by atoms with E-state index in [0.717, 1.165) is 0 Å². The van der Waals surface area contributed by atoms with E-state index in [9.17, 15) is 10.2 Å². The second-order valence-corrected chi connectivity index (χ2v) is 5.11. The molecule has 0 atom stereocenters. The molecule has 0 aliphatic heterocycles. The summed E-state index contributed by atoms with van der Waals surface area (Å²) < 4.78 is 1.19. The zero-order chi connectivity index (χ0) is 12.4. The molecule has 2 rings (SSSR count). The number of aromatic hydroxyl groups is 2. The number of rotatable bonds is 2. The van der Waals surface area contributed by atoms with Gasteiger partial charge in [0.1, 0.15) is 0 Å². The summed E-state index contributed by atoms with van der Waals surface area (Å²) in [5, 5.41) is 22.6. The Bertz CT molecular complexity index is 509. The summed E-state index contributed by atoms with van der Waals surface area (Å²) in [6, 6.07) is 10.5. The Kier molecular flexibility index (Phi) is 3.59. The smallest absolute Gasteiger partial charge is 0.153 e. The minimum Gasteiger partial charge on any atom is -0.505 e. The molecule has 0 aromatic heterocycles. The highest BCUT2D eigenvalue weighted by Crippen LogP contribution is 2.38. The molecule has 0 unspecified atom stereocenters. The summed E-state index contributed by atoms with van der Waals surface area (Å²) in [7, 11) is 0. The van der Waals surface area contributed by atoms with Crippen LogP contribution in [0.2, 0.25) is 0 Å². The van der Waals surface area contributed by atoms with E-state index in [1.165, 1.54) is 0 Å². The number of benzene rings is 2. The van der Waals surface area contributed by atoms with Crippen molar-refractivity contribution in [3.63, 3.8) is 0 Å². The van der Waals surface area contributed by atoms with Crippen molar-refractivity contribution in [3.8, 4) is 11.5 Å². The fourth-order valence-electron chi connectivity index (χ4n) is 1.38. The molecule has 0 radical (unpaired) electrons. The highest BCUT2D eigenvalue weighted by Gasteiger charge is 2.08. The van der Waals surface area contributed by atoms with Crippen LogP contribution in [0.5, 0.6) is 11.5 Å². The van der Waals surface area contributed by atoms with Crippen molar-refractivity contribution in [1.82, 2.24) is 0 Å². The van der Waals surface area contributed by atoms with Crippen LogP contribution >= 0.6 is 31.9 Å². The number of nitrogens with one attached hydrogen (secondary N) is 1. The molecule has 0 saturated carbocycles. The Morgan fingerprint density at radius 1 is 0.765 bits per heavy atom. The maximum Gasteiger partial charge on any atom is 0.153 e. The molecule has 3 N–H and O–H groups in total. The molecule has 5 heteroatoms. The van der Waals surface area contributed by atoms with Gasteiger partial charge in [-0.1, -0.05) is 12.1 Å². The molecule has 0 aliphatic carbocycles. The minimum absolute atomic E-state index is 0.104. The lowest BCUT2D eigenvalue weighted by molar-refractivity contribution is 0.471. The van der Waals surface area contributed by atoms with Gasteiger partial charge in [-0.25, -0.2) is 0 Å². The average molecular weight is 359 g/mol. The summed E-state index contributed by atoms with van der Waals surface area (Å²) in [6.07, 6.45) is 0. The van der Waals surface area contributed by atoms with Gasteiger partial charge in [0.2, 0.25) is 0 Å². The maximum absolute atomic E-state index is 9.82. The quantitative estimate of drug-likeness (QED) is 0.699. The third-order valence-electron chi connectivity index (χ3n) is 2.24. The van der Waals surface area contributed by atoms with Gasteiger partial charge in [0, 0.05) is 0 Å². The van der Waals surface area contributed by atoms with Gasteiger partial charge in [-0.2, -0.15) is 0 Å². The van der Waals surface area contributed by atoms with Gasteiger partial charge in [0.25, 0.3) is 0 Å². The predicted molar refractivity (Wildman–Crippen MR) is 74.9 cm³/mol. The Labute approximate surface area is 115 Å². The van der Waals surface area contributed by atoms with Crippen LogP contribution in [0.15, 0.2) is 45.3 Å². The van der Waals surface area contributed by atoms with E-state index in [-0.39, 0.29) is 11.5 Å². The first kappa shape index (κ1) is 12.3. The molecule has 0 amide bonds. The third-order valence-corrected chi connectivity index (χ3v) is 3.52. The number of hydrogen-bond donors (Lipinski definition) is 3. The van der Waals surface area contributed by atoms with Gasteiger partial charge in [-0.05, 0) is 56.1 Å². The zero-order valence-corrected chi connectivity index (χ0v) is 11.8. The Balaban J connectivity index is 2.38. The predicted octanol–water partition coefficient (Wildman–Crippen LogP) is 4.37. The third kappa shape index (κ3) is 2.56. The SMILES string of the molecule is Oc1c(Br)cccc1Nc1cccc(Br)c1O. The van der Waals surface area contributed by atoms with Crippen molar-refractivity contribution in [3.05, 3.63) is 45.3 Å². The first-order chi connectivity index (χ1) is 8.09. The van der Waals surface area contributed by atoms with Crippen molar-refractivity contribution >= 4 is 43.2 Å². The van der Waals surface area contributed by atoms with E-state index in [1.807, 2.05) is 0 Å². The average Bonchev–Trinajstić information content (AvgIpc) is 2.31. The van der Waals surface area contributed by atoms with Gasteiger partial charge in [0.05, 0.1) is 20.3 Å². The number of halogens is 2. The summed E-state index contributed by atoms with van der Waals surface area (Å²) in [5.74, 6) is 0.207. The Morgan fingerprint density at radius 2 is 1.18 bits per heavy atom. The molecule has 2 aromatic rings. The van der Waals surface area contributed by atoms with Crippen LogP contribution in [0.3, 0.4) is 0 Å². The van der Waals surface area contributed by atoms with E-state index < -0.39 is 0 Å². The Hall–Kier alpha value is -1.20. The number of phenols is 2. The van der Waals surface area contributed by atoms with Gasteiger partial charge < -0.3 is 15.5 Å². The highest BCUT2D eigenvalue weighted by atomic mass is 79.9. The second kappa shape index (κ2) is 4.98. The maximum atomic E-state index is 9.82. The number of phenolic OH excluding ortho intramolecular Hbond substituents is 2. The molecule has 0 bridgehead atoms. The summed E-state index contributed by atoms with van der Waals surface area (Å²) >= 11 is 6.46. The van der Waals surface area contributed by atoms with Crippen molar-refractivity contribution < 1.29 is 10.2 Å². The summed E-state index contributed by atoms with van der Waals surface area (Å²) in [6.45, 7) is 0. The first-order valence-electron chi connectivity index (χ1n) is 4.81. The van der Waals surface area contributed by atoms with Crippen LogP contribution < -0.4 is 5.32 Å². The van der Waals surface area contributed by atoms with Crippen LogP contribution in [0.1, 0.15) is 0 Å². The molecule has 0 fully saturated rings. The van der Waals surface area contributed by atoms with E-state index in [0.29, 0.717) is 20.3 Å². The molecular formula is C12H9Br2NO2. The molecule has 88 valence electrons. The zero-order valence-electron chi connectivity index (χ0n) is 8.61. The topological polar surface area (TPSA) is 52.5 Å². The molecule has 3 nitrogen and oxygen atoms in total. The van der Waals surface area contributed by atoms with E-state index in [4.69, 9.17) is 0 Å². The van der Waals surface area contributed by atoms with Gasteiger partial charge >= 0.3 is 0 Å². The van der Waals surface area contributed by atoms with Crippen LogP contribution in [-0.4, -0.2) is 10.2 Å². The number of para-hydroxylation sites is 2. The molecule has 2 aromatic carbocycles. The number of hydrogen-bond acceptors (Lipinski definition) is 3. The fourth-order valence-corrected chi connectivity index (χ4v) is 2.11. The lowest BCUT2D eigenvalue weighted by Crippen LogP contribution is -1.91. The van der Waals surface area contributed by atoms with Crippen LogP contribution in [-0.2, 0) is 0 Å². The van der Waals surface area contributed by atoms with Crippen molar-refractivity contribution in [2.75, 3.05) is 5.32 Å². The molecule has 0 aliphatic rings. The largest absolute Gasteiger partial charge is 0.505 e. The van der Waals surface area contributed by atoms with Crippen molar-refractivity contribution in [2.45, 2.75) is 0 Å². The number of anilines is 2. The fraction of sp³-hybridized carbons (Fsp3) is 0. The van der Waals surface area contributed by atoms with E-state index in [2.05, 4.69) is 37.2 Å². The highest BCUT2D eigenvalue weighted by molar-refractivity contribution is 9.10. The monoisotopic (exact) mass is 357 g/mol. The standard InChI is InChI=1S/C12H9Br2NO2/c13-7-3-1-5-9(11(7)16)15-10-6-2-4-8(14)12(10)17/h1-6,15-17H.